The Balaban J connectivity index is 2.30. The molecule has 0 saturated carbocycles. The van der Waals surface area contributed by atoms with Crippen LogP contribution in [0.1, 0.15) is 19.4 Å². The summed E-state index contributed by atoms with van der Waals surface area (Å²) >= 11 is 1.60. The SMILES string of the molecule is CC(C)Nc1nc2ncc(CCO)cc2s1. The highest BCUT2D eigenvalue weighted by atomic mass is 32.1. The van der Waals surface area contributed by atoms with Crippen molar-refractivity contribution in [3.05, 3.63) is 17.8 Å². The van der Waals surface area contributed by atoms with Crippen molar-refractivity contribution in [3.63, 3.8) is 0 Å². The number of aromatic nitrogens is 2. The van der Waals surface area contributed by atoms with Crippen molar-refractivity contribution in [2.45, 2.75) is 26.3 Å². The van der Waals surface area contributed by atoms with E-state index in [0.717, 1.165) is 21.0 Å². The summed E-state index contributed by atoms with van der Waals surface area (Å²) in [6, 6.07) is 2.42. The maximum atomic E-state index is 8.86. The number of nitrogens with zero attached hydrogens (tertiary/aromatic N) is 2. The molecule has 16 heavy (non-hydrogen) atoms. The minimum absolute atomic E-state index is 0.156. The Labute approximate surface area is 98.4 Å². The van der Waals surface area contributed by atoms with Gasteiger partial charge in [0.05, 0.1) is 4.70 Å². The van der Waals surface area contributed by atoms with Gasteiger partial charge in [0, 0.05) is 18.8 Å². The lowest BCUT2D eigenvalue weighted by atomic mass is 10.2. The maximum Gasteiger partial charge on any atom is 0.185 e. The average molecular weight is 237 g/mol. The van der Waals surface area contributed by atoms with E-state index in [0.29, 0.717) is 12.5 Å². The fourth-order valence-corrected chi connectivity index (χ4v) is 2.47. The first kappa shape index (κ1) is 11.3. The zero-order valence-electron chi connectivity index (χ0n) is 9.40. The third-order valence-electron chi connectivity index (χ3n) is 2.12. The second-order valence-corrected chi connectivity index (χ2v) is 4.99. The smallest absolute Gasteiger partial charge is 0.185 e. The fourth-order valence-electron chi connectivity index (χ4n) is 1.43. The molecule has 2 aromatic rings. The maximum absolute atomic E-state index is 8.86. The second kappa shape index (κ2) is 4.76. The Morgan fingerprint density at radius 3 is 3.00 bits per heavy atom. The molecular formula is C11H15N3OS. The number of fused-ring (bicyclic) bond motifs is 1. The van der Waals surface area contributed by atoms with Gasteiger partial charge >= 0.3 is 0 Å². The second-order valence-electron chi connectivity index (χ2n) is 3.96. The highest BCUT2D eigenvalue weighted by Crippen LogP contribution is 2.25. The first-order valence-electron chi connectivity index (χ1n) is 5.32. The normalized spacial score (nSPS) is 11.2. The molecule has 86 valence electrons. The molecule has 4 nitrogen and oxygen atoms in total. The first-order valence-corrected chi connectivity index (χ1v) is 6.13. The Bertz CT molecular complexity index is 481. The number of nitrogens with one attached hydrogen (secondary N) is 1. The molecule has 0 aliphatic carbocycles. The molecule has 0 aliphatic heterocycles. The molecule has 0 unspecified atom stereocenters. The van der Waals surface area contributed by atoms with Crippen molar-refractivity contribution >= 4 is 26.8 Å². The standard InChI is InChI=1S/C11H15N3OS/c1-7(2)13-11-14-10-9(16-11)5-8(3-4-15)6-12-10/h5-7,15H,3-4H2,1-2H3,(H,12,13,14). The lowest BCUT2D eigenvalue weighted by molar-refractivity contribution is 0.299. The Kier molecular flexibility index (Phi) is 3.36. The molecular weight excluding hydrogens is 222 g/mol. The molecule has 0 bridgehead atoms. The summed E-state index contributed by atoms with van der Waals surface area (Å²) in [6.07, 6.45) is 2.42. The van der Waals surface area contributed by atoms with Crippen LogP contribution in [0.3, 0.4) is 0 Å². The number of rotatable bonds is 4. The number of hydrogen-bond donors (Lipinski definition) is 2. The van der Waals surface area contributed by atoms with Gasteiger partial charge in [0.2, 0.25) is 0 Å². The van der Waals surface area contributed by atoms with Gasteiger partial charge in [-0.15, -0.1) is 0 Å². The van der Waals surface area contributed by atoms with Crippen molar-refractivity contribution in [2.75, 3.05) is 11.9 Å². The highest BCUT2D eigenvalue weighted by Gasteiger charge is 2.06. The summed E-state index contributed by atoms with van der Waals surface area (Å²) in [5.41, 5.74) is 1.82. The van der Waals surface area contributed by atoms with Crippen LogP contribution in [-0.2, 0) is 6.42 Å². The van der Waals surface area contributed by atoms with Gasteiger partial charge in [-0.05, 0) is 31.9 Å². The molecule has 0 spiro atoms. The molecule has 0 aromatic carbocycles. The van der Waals surface area contributed by atoms with Crippen molar-refractivity contribution in [1.29, 1.82) is 0 Å². The van der Waals surface area contributed by atoms with E-state index in [1.54, 1.807) is 17.5 Å². The number of pyridine rings is 1. The molecule has 5 heteroatoms. The van der Waals surface area contributed by atoms with Gasteiger partial charge in [-0.2, -0.15) is 0 Å². The van der Waals surface area contributed by atoms with E-state index in [1.807, 2.05) is 6.07 Å². The molecule has 0 fully saturated rings. The number of aliphatic hydroxyl groups is 1. The molecule has 0 amide bonds. The Morgan fingerprint density at radius 1 is 1.50 bits per heavy atom. The van der Waals surface area contributed by atoms with Gasteiger partial charge in [-0.3, -0.25) is 0 Å². The van der Waals surface area contributed by atoms with E-state index in [1.165, 1.54) is 0 Å². The molecule has 0 saturated heterocycles. The van der Waals surface area contributed by atoms with Gasteiger partial charge in [-0.25, -0.2) is 9.97 Å². The third kappa shape index (κ3) is 2.48. The highest BCUT2D eigenvalue weighted by molar-refractivity contribution is 7.22. The number of thiazole rings is 1. The number of hydrogen-bond acceptors (Lipinski definition) is 5. The summed E-state index contributed by atoms with van der Waals surface area (Å²) in [6.45, 7) is 4.32. The molecule has 2 heterocycles. The van der Waals surface area contributed by atoms with Crippen LogP contribution in [-0.4, -0.2) is 27.7 Å². The lowest BCUT2D eigenvalue weighted by Gasteiger charge is -2.03. The minimum atomic E-state index is 0.156. The van der Waals surface area contributed by atoms with Gasteiger partial charge in [0.25, 0.3) is 0 Å². The Morgan fingerprint density at radius 2 is 2.31 bits per heavy atom. The molecule has 0 radical (unpaired) electrons. The van der Waals surface area contributed by atoms with Crippen molar-refractivity contribution in [3.8, 4) is 0 Å². The van der Waals surface area contributed by atoms with E-state index in [2.05, 4.69) is 29.1 Å². The van der Waals surface area contributed by atoms with E-state index in [-0.39, 0.29) is 6.61 Å². The molecule has 2 N–H and O–H groups in total. The van der Waals surface area contributed by atoms with Crippen molar-refractivity contribution in [1.82, 2.24) is 9.97 Å². The van der Waals surface area contributed by atoms with E-state index >= 15 is 0 Å². The summed E-state index contributed by atoms with van der Waals surface area (Å²) in [4.78, 5) is 8.66. The third-order valence-corrected chi connectivity index (χ3v) is 3.04. The first-order chi connectivity index (χ1) is 7.69. The zero-order valence-corrected chi connectivity index (χ0v) is 10.2. The van der Waals surface area contributed by atoms with Crippen LogP contribution < -0.4 is 5.32 Å². The van der Waals surface area contributed by atoms with Crippen LogP contribution in [0.25, 0.3) is 10.3 Å². The van der Waals surface area contributed by atoms with Crippen LogP contribution >= 0.6 is 11.3 Å². The summed E-state index contributed by atoms with van der Waals surface area (Å²) in [7, 11) is 0. The van der Waals surface area contributed by atoms with Crippen molar-refractivity contribution < 1.29 is 5.11 Å². The summed E-state index contributed by atoms with van der Waals surface area (Å²) in [5, 5.41) is 13.0. The van der Waals surface area contributed by atoms with Crippen LogP contribution in [0.5, 0.6) is 0 Å². The number of anilines is 1. The van der Waals surface area contributed by atoms with Gasteiger partial charge in [0.15, 0.2) is 10.8 Å². The van der Waals surface area contributed by atoms with Crippen LogP contribution in [0.2, 0.25) is 0 Å². The van der Waals surface area contributed by atoms with Gasteiger partial charge < -0.3 is 10.4 Å². The lowest BCUT2D eigenvalue weighted by Crippen LogP contribution is -2.08. The van der Waals surface area contributed by atoms with Gasteiger partial charge in [0.1, 0.15) is 0 Å². The van der Waals surface area contributed by atoms with Crippen LogP contribution in [0.4, 0.5) is 5.13 Å². The van der Waals surface area contributed by atoms with E-state index < -0.39 is 0 Å². The predicted octanol–water partition coefficient (Wildman–Crippen LogP) is 2.05. The molecule has 0 atom stereocenters. The number of aliphatic hydroxyl groups excluding tert-OH is 1. The Hall–Kier alpha value is -1.20. The van der Waals surface area contributed by atoms with E-state index in [4.69, 9.17) is 5.11 Å². The zero-order chi connectivity index (χ0) is 11.5. The monoisotopic (exact) mass is 237 g/mol. The predicted molar refractivity (Wildman–Crippen MR) is 67.0 cm³/mol. The quantitative estimate of drug-likeness (QED) is 0.854. The fraction of sp³-hybridized carbons (Fsp3) is 0.455. The molecule has 0 aliphatic rings. The molecule has 2 aromatic heterocycles. The minimum Gasteiger partial charge on any atom is -0.396 e. The summed E-state index contributed by atoms with van der Waals surface area (Å²) < 4.78 is 1.06. The molecule has 2 rings (SSSR count). The average Bonchev–Trinajstić information content (AvgIpc) is 2.58. The van der Waals surface area contributed by atoms with E-state index in [9.17, 15) is 0 Å². The van der Waals surface area contributed by atoms with Gasteiger partial charge in [-0.1, -0.05) is 11.3 Å². The van der Waals surface area contributed by atoms with Crippen LogP contribution in [0, 0.1) is 0 Å². The van der Waals surface area contributed by atoms with Crippen LogP contribution in [0.15, 0.2) is 12.3 Å². The summed E-state index contributed by atoms with van der Waals surface area (Å²) in [5.74, 6) is 0. The topological polar surface area (TPSA) is 58.0 Å². The van der Waals surface area contributed by atoms with Crippen molar-refractivity contribution in [2.24, 2.45) is 0 Å². The largest absolute Gasteiger partial charge is 0.396 e.